The molecular weight excluding hydrogens is 394 g/mol. The van der Waals surface area contributed by atoms with E-state index >= 15 is 0 Å². The fourth-order valence-corrected chi connectivity index (χ4v) is 3.62. The van der Waals surface area contributed by atoms with Gasteiger partial charge in [-0.1, -0.05) is 30.7 Å². The van der Waals surface area contributed by atoms with E-state index in [1.165, 1.54) is 7.11 Å². The van der Waals surface area contributed by atoms with Crippen molar-refractivity contribution in [1.82, 2.24) is 15.5 Å². The molecule has 1 aliphatic rings. The molecule has 7 nitrogen and oxygen atoms in total. The van der Waals surface area contributed by atoms with E-state index < -0.39 is 6.04 Å². The molecule has 0 aromatic heterocycles. The van der Waals surface area contributed by atoms with Gasteiger partial charge in [0.25, 0.3) is 5.91 Å². The van der Waals surface area contributed by atoms with Crippen molar-refractivity contribution >= 4 is 29.3 Å². The average Bonchev–Trinajstić information content (AvgIpc) is 2.72. The maximum absolute atomic E-state index is 12.9. The summed E-state index contributed by atoms with van der Waals surface area (Å²) in [7, 11) is 1.49. The van der Waals surface area contributed by atoms with Gasteiger partial charge in [-0.05, 0) is 44.2 Å². The van der Waals surface area contributed by atoms with E-state index in [-0.39, 0.29) is 36.3 Å². The first kappa shape index (κ1) is 23.2. The van der Waals surface area contributed by atoms with Crippen molar-refractivity contribution in [3.8, 4) is 0 Å². The van der Waals surface area contributed by atoms with E-state index in [9.17, 15) is 14.4 Å². The van der Waals surface area contributed by atoms with Crippen LogP contribution in [0.1, 0.15) is 43.5 Å². The molecule has 0 unspecified atom stereocenters. The Hall–Kier alpha value is -2.12. The first-order chi connectivity index (χ1) is 13.9. The van der Waals surface area contributed by atoms with Crippen LogP contribution in [0, 0.1) is 5.92 Å². The number of ether oxygens (including phenoxy) is 1. The van der Waals surface area contributed by atoms with E-state index in [2.05, 4.69) is 10.6 Å². The predicted molar refractivity (Wildman–Crippen MR) is 112 cm³/mol. The van der Waals surface area contributed by atoms with Crippen molar-refractivity contribution in [2.45, 2.75) is 45.2 Å². The smallest absolute Gasteiger partial charge is 0.253 e. The highest BCUT2D eigenvalue weighted by Gasteiger charge is 2.34. The molecule has 29 heavy (non-hydrogen) atoms. The van der Waals surface area contributed by atoms with Gasteiger partial charge in [0.05, 0.1) is 10.6 Å². The highest BCUT2D eigenvalue weighted by Crippen LogP contribution is 2.23. The number of nitrogens with zero attached hydrogens (tertiary/aromatic N) is 1. The summed E-state index contributed by atoms with van der Waals surface area (Å²) in [6.45, 7) is 5.02. The van der Waals surface area contributed by atoms with Crippen LogP contribution in [0.25, 0.3) is 0 Å². The Morgan fingerprint density at radius 2 is 1.86 bits per heavy atom. The average molecular weight is 424 g/mol. The van der Waals surface area contributed by atoms with Crippen molar-refractivity contribution in [2.75, 3.05) is 26.8 Å². The molecule has 160 valence electrons. The number of hydrogen-bond donors (Lipinski definition) is 2. The zero-order chi connectivity index (χ0) is 21.4. The van der Waals surface area contributed by atoms with Crippen LogP contribution in [-0.4, -0.2) is 61.5 Å². The SMILES string of the molecule is CC[C@@H](C)NC(=O)[C@@H](NC(=O)c1ccccc1Cl)C1CCN(C(=O)COC)CC1. The maximum atomic E-state index is 12.9. The third-order valence-corrected chi connectivity index (χ3v) is 5.65. The molecule has 0 spiro atoms. The van der Waals surface area contributed by atoms with Crippen LogP contribution in [0.3, 0.4) is 0 Å². The number of hydrogen-bond acceptors (Lipinski definition) is 4. The molecular formula is C21H30ClN3O4. The van der Waals surface area contributed by atoms with Crippen molar-refractivity contribution in [3.05, 3.63) is 34.9 Å². The van der Waals surface area contributed by atoms with Crippen LogP contribution in [0.2, 0.25) is 5.02 Å². The molecule has 3 amide bonds. The number of halogens is 1. The normalized spacial score (nSPS) is 16.8. The second-order valence-electron chi connectivity index (χ2n) is 7.40. The number of likely N-dealkylation sites (tertiary alicyclic amines) is 1. The Kier molecular flexibility index (Phi) is 8.92. The molecule has 2 N–H and O–H groups in total. The third kappa shape index (κ3) is 6.44. The van der Waals surface area contributed by atoms with Gasteiger partial charge in [-0.15, -0.1) is 0 Å². The quantitative estimate of drug-likeness (QED) is 0.671. The predicted octanol–water partition coefficient (Wildman–Crippen LogP) is 2.24. The highest BCUT2D eigenvalue weighted by molar-refractivity contribution is 6.33. The standard InChI is InChI=1S/C21H30ClN3O4/c1-4-14(2)23-21(28)19(24-20(27)16-7-5-6-8-17(16)22)15-9-11-25(12-10-15)18(26)13-29-3/h5-8,14-15,19H,4,9-13H2,1-3H3,(H,23,28)(H,24,27)/t14-,19+/m1/s1. The molecule has 2 atom stereocenters. The monoisotopic (exact) mass is 423 g/mol. The van der Waals surface area contributed by atoms with Gasteiger partial charge < -0.3 is 20.3 Å². The molecule has 8 heteroatoms. The number of nitrogens with one attached hydrogen (secondary N) is 2. The molecule has 1 aromatic carbocycles. The van der Waals surface area contributed by atoms with Gasteiger partial charge in [0.1, 0.15) is 12.6 Å². The number of piperidine rings is 1. The summed E-state index contributed by atoms with van der Waals surface area (Å²) in [5.74, 6) is -0.719. The number of amides is 3. The number of benzene rings is 1. The first-order valence-electron chi connectivity index (χ1n) is 9.99. The van der Waals surface area contributed by atoms with Gasteiger partial charge in [0, 0.05) is 26.2 Å². The van der Waals surface area contributed by atoms with Crippen LogP contribution in [0.4, 0.5) is 0 Å². The summed E-state index contributed by atoms with van der Waals surface area (Å²) in [5, 5.41) is 6.18. The van der Waals surface area contributed by atoms with Crippen molar-refractivity contribution in [1.29, 1.82) is 0 Å². The van der Waals surface area contributed by atoms with Gasteiger partial charge in [0.2, 0.25) is 11.8 Å². The summed E-state index contributed by atoms with van der Waals surface area (Å²) < 4.78 is 4.91. The van der Waals surface area contributed by atoms with Gasteiger partial charge in [-0.3, -0.25) is 14.4 Å². The van der Waals surface area contributed by atoms with Gasteiger partial charge >= 0.3 is 0 Å². The summed E-state index contributed by atoms with van der Waals surface area (Å²) in [6, 6.07) is 6.07. The topological polar surface area (TPSA) is 87.7 Å². The lowest BCUT2D eigenvalue weighted by Crippen LogP contribution is -2.55. The summed E-state index contributed by atoms with van der Waals surface area (Å²) >= 11 is 6.14. The molecule has 1 saturated heterocycles. The molecule has 2 rings (SSSR count). The number of carbonyl (C=O) groups is 3. The molecule has 1 heterocycles. The minimum Gasteiger partial charge on any atom is -0.375 e. The lowest BCUT2D eigenvalue weighted by Gasteiger charge is -2.36. The Bertz CT molecular complexity index is 720. The number of methoxy groups -OCH3 is 1. The third-order valence-electron chi connectivity index (χ3n) is 5.32. The minimum atomic E-state index is -0.688. The lowest BCUT2D eigenvalue weighted by atomic mass is 9.88. The molecule has 0 radical (unpaired) electrons. The fourth-order valence-electron chi connectivity index (χ4n) is 3.39. The van der Waals surface area contributed by atoms with E-state index in [0.29, 0.717) is 36.5 Å². The minimum absolute atomic E-state index is 0.00517. The summed E-state index contributed by atoms with van der Waals surface area (Å²) in [5.41, 5.74) is 0.336. The van der Waals surface area contributed by atoms with Crippen molar-refractivity contribution in [3.63, 3.8) is 0 Å². The second-order valence-corrected chi connectivity index (χ2v) is 7.81. The van der Waals surface area contributed by atoms with E-state index in [1.807, 2.05) is 13.8 Å². The Labute approximate surface area is 177 Å². The first-order valence-corrected chi connectivity index (χ1v) is 10.4. The lowest BCUT2D eigenvalue weighted by molar-refractivity contribution is -0.136. The summed E-state index contributed by atoms with van der Waals surface area (Å²) in [4.78, 5) is 39.5. The Morgan fingerprint density at radius 3 is 2.45 bits per heavy atom. The van der Waals surface area contributed by atoms with E-state index in [4.69, 9.17) is 16.3 Å². The molecule has 0 bridgehead atoms. The Morgan fingerprint density at radius 1 is 1.21 bits per heavy atom. The molecule has 0 aliphatic carbocycles. The van der Waals surface area contributed by atoms with E-state index in [1.54, 1.807) is 29.2 Å². The van der Waals surface area contributed by atoms with Gasteiger partial charge in [-0.25, -0.2) is 0 Å². The molecule has 1 fully saturated rings. The molecule has 1 aliphatic heterocycles. The highest BCUT2D eigenvalue weighted by atomic mass is 35.5. The number of rotatable bonds is 8. The molecule has 0 saturated carbocycles. The fraction of sp³-hybridized carbons (Fsp3) is 0.571. The zero-order valence-electron chi connectivity index (χ0n) is 17.2. The van der Waals surface area contributed by atoms with Crippen LogP contribution in [0.5, 0.6) is 0 Å². The van der Waals surface area contributed by atoms with Gasteiger partial charge in [-0.2, -0.15) is 0 Å². The maximum Gasteiger partial charge on any atom is 0.253 e. The Balaban J connectivity index is 2.11. The van der Waals surface area contributed by atoms with Crippen LogP contribution in [-0.2, 0) is 14.3 Å². The van der Waals surface area contributed by atoms with Crippen LogP contribution < -0.4 is 10.6 Å². The number of carbonyl (C=O) groups excluding carboxylic acids is 3. The summed E-state index contributed by atoms with van der Waals surface area (Å²) in [6.07, 6.45) is 2.04. The molecule has 1 aromatic rings. The van der Waals surface area contributed by atoms with Crippen LogP contribution >= 0.6 is 11.6 Å². The van der Waals surface area contributed by atoms with Gasteiger partial charge in [0.15, 0.2) is 0 Å². The largest absolute Gasteiger partial charge is 0.375 e. The second kappa shape index (κ2) is 11.2. The van der Waals surface area contributed by atoms with Crippen molar-refractivity contribution in [2.24, 2.45) is 5.92 Å². The van der Waals surface area contributed by atoms with Crippen LogP contribution in [0.15, 0.2) is 24.3 Å². The van der Waals surface area contributed by atoms with E-state index in [0.717, 1.165) is 6.42 Å². The zero-order valence-corrected chi connectivity index (χ0v) is 18.0. The van der Waals surface area contributed by atoms with Crippen molar-refractivity contribution < 1.29 is 19.1 Å².